The van der Waals surface area contributed by atoms with E-state index in [1.54, 1.807) is 0 Å². The molecule has 0 amide bonds. The van der Waals surface area contributed by atoms with Crippen molar-refractivity contribution in [3.8, 4) is 0 Å². The third-order valence-electron chi connectivity index (χ3n) is 2.45. The number of hydrogen-bond donors (Lipinski definition) is 4. The van der Waals surface area contributed by atoms with Crippen LogP contribution in [0.5, 0.6) is 0 Å². The van der Waals surface area contributed by atoms with E-state index in [1.807, 2.05) is 0 Å². The summed E-state index contributed by atoms with van der Waals surface area (Å²) in [5, 5.41) is 3.23. The molecule has 0 aromatic heterocycles. The van der Waals surface area contributed by atoms with Crippen LogP contribution in [0.4, 0.5) is 0 Å². The van der Waals surface area contributed by atoms with Crippen molar-refractivity contribution in [3.05, 3.63) is 0 Å². The maximum atomic E-state index is 5.93. The van der Waals surface area contributed by atoms with E-state index in [2.05, 4.69) is 12.2 Å². The van der Waals surface area contributed by atoms with E-state index < -0.39 is 0 Å². The highest BCUT2D eigenvalue weighted by Crippen LogP contribution is 2.03. The second-order valence-electron chi connectivity index (χ2n) is 3.83. The van der Waals surface area contributed by atoms with Crippen LogP contribution >= 0.6 is 0 Å². The van der Waals surface area contributed by atoms with Gasteiger partial charge >= 0.3 is 0 Å². The Morgan fingerprint density at radius 1 is 1.00 bits per heavy atom. The average molecular weight is 202 g/mol. The molecule has 0 aliphatic carbocycles. The Morgan fingerprint density at radius 2 is 1.64 bits per heavy atom. The summed E-state index contributed by atoms with van der Waals surface area (Å²) in [6, 6.07) is 0.593. The molecule has 7 N–H and O–H groups in total. The quantitative estimate of drug-likeness (QED) is 0.389. The minimum atomic E-state index is 0.276. The van der Waals surface area contributed by atoms with Crippen molar-refractivity contribution in [2.75, 3.05) is 19.6 Å². The zero-order valence-electron chi connectivity index (χ0n) is 9.34. The van der Waals surface area contributed by atoms with Gasteiger partial charge in [0.25, 0.3) is 0 Å². The lowest BCUT2D eigenvalue weighted by Crippen LogP contribution is -2.31. The minimum Gasteiger partial charge on any atom is -0.329 e. The molecule has 0 bridgehead atoms. The molecule has 0 aromatic carbocycles. The van der Waals surface area contributed by atoms with Crippen molar-refractivity contribution < 1.29 is 0 Å². The Balaban J connectivity index is 3.23. The predicted molar refractivity (Wildman–Crippen MR) is 62.0 cm³/mol. The third-order valence-corrected chi connectivity index (χ3v) is 2.45. The molecule has 2 atom stereocenters. The predicted octanol–water partition coefficient (Wildman–Crippen LogP) is -0.230. The minimum absolute atomic E-state index is 0.276. The van der Waals surface area contributed by atoms with Crippen LogP contribution < -0.4 is 22.5 Å². The summed E-state index contributed by atoms with van der Waals surface area (Å²) in [6.07, 6.45) is 4.11. The van der Waals surface area contributed by atoms with Crippen molar-refractivity contribution in [3.63, 3.8) is 0 Å². The zero-order chi connectivity index (χ0) is 10.8. The largest absolute Gasteiger partial charge is 0.329 e. The topological polar surface area (TPSA) is 90.1 Å². The van der Waals surface area contributed by atoms with Gasteiger partial charge in [0.15, 0.2) is 0 Å². The fraction of sp³-hybridized carbons (Fsp3) is 1.00. The lowest BCUT2D eigenvalue weighted by molar-refractivity contribution is 0.479. The Labute approximate surface area is 87.6 Å². The standard InChI is InChI=1S/C10H26N4/c1-2-9(12)3-4-10(13)5-7-14-8-6-11/h9-10,14H,2-8,11-13H2,1H3. The molecule has 0 saturated heterocycles. The molecule has 86 valence electrons. The summed E-state index contributed by atoms with van der Waals surface area (Å²) in [5.74, 6) is 0. The summed E-state index contributed by atoms with van der Waals surface area (Å²) < 4.78 is 0. The van der Waals surface area contributed by atoms with E-state index in [0.29, 0.717) is 12.6 Å². The van der Waals surface area contributed by atoms with Gasteiger partial charge < -0.3 is 22.5 Å². The summed E-state index contributed by atoms with van der Waals surface area (Å²) in [5.41, 5.74) is 17.1. The van der Waals surface area contributed by atoms with Gasteiger partial charge in [-0.15, -0.1) is 0 Å². The highest BCUT2D eigenvalue weighted by atomic mass is 14.9. The Kier molecular flexibility index (Phi) is 9.29. The Bertz CT molecular complexity index is 119. The van der Waals surface area contributed by atoms with Crippen molar-refractivity contribution in [1.82, 2.24) is 5.32 Å². The van der Waals surface area contributed by atoms with Gasteiger partial charge in [0, 0.05) is 25.2 Å². The van der Waals surface area contributed by atoms with Gasteiger partial charge in [0.1, 0.15) is 0 Å². The smallest absolute Gasteiger partial charge is 0.00745 e. The average Bonchev–Trinajstić information content (AvgIpc) is 2.21. The lowest BCUT2D eigenvalue weighted by atomic mass is 10.0. The van der Waals surface area contributed by atoms with Gasteiger partial charge in [-0.2, -0.15) is 0 Å². The van der Waals surface area contributed by atoms with Crippen LogP contribution in [0.2, 0.25) is 0 Å². The van der Waals surface area contributed by atoms with Crippen LogP contribution in [-0.4, -0.2) is 31.7 Å². The van der Waals surface area contributed by atoms with Crippen LogP contribution in [0.3, 0.4) is 0 Å². The zero-order valence-corrected chi connectivity index (χ0v) is 9.34. The van der Waals surface area contributed by atoms with E-state index in [9.17, 15) is 0 Å². The molecule has 0 aromatic rings. The molecular formula is C10H26N4. The first-order chi connectivity index (χ1) is 6.70. The maximum Gasteiger partial charge on any atom is 0.00745 e. The number of nitrogens with two attached hydrogens (primary N) is 3. The van der Waals surface area contributed by atoms with Gasteiger partial charge in [-0.05, 0) is 32.2 Å². The van der Waals surface area contributed by atoms with E-state index in [-0.39, 0.29) is 6.04 Å². The van der Waals surface area contributed by atoms with Crippen LogP contribution in [0.25, 0.3) is 0 Å². The van der Waals surface area contributed by atoms with Gasteiger partial charge in [0.2, 0.25) is 0 Å². The van der Waals surface area contributed by atoms with Crippen molar-refractivity contribution in [1.29, 1.82) is 0 Å². The fourth-order valence-electron chi connectivity index (χ4n) is 1.29. The van der Waals surface area contributed by atoms with Gasteiger partial charge in [-0.1, -0.05) is 6.92 Å². The molecule has 0 fully saturated rings. The van der Waals surface area contributed by atoms with Crippen LogP contribution in [0.15, 0.2) is 0 Å². The summed E-state index contributed by atoms with van der Waals surface area (Å²) in [6.45, 7) is 4.63. The SMILES string of the molecule is CCC(N)CCC(N)CCNCCN. The van der Waals surface area contributed by atoms with Gasteiger partial charge in [-0.3, -0.25) is 0 Å². The molecule has 0 heterocycles. The van der Waals surface area contributed by atoms with Gasteiger partial charge in [-0.25, -0.2) is 0 Å². The first kappa shape index (κ1) is 13.8. The highest BCUT2D eigenvalue weighted by Gasteiger charge is 2.05. The number of rotatable bonds is 9. The molecule has 4 nitrogen and oxygen atoms in total. The number of nitrogens with one attached hydrogen (secondary N) is 1. The first-order valence-electron chi connectivity index (χ1n) is 5.62. The van der Waals surface area contributed by atoms with E-state index in [0.717, 1.165) is 38.8 Å². The molecule has 4 heteroatoms. The molecule has 0 saturated carbocycles. The molecule has 14 heavy (non-hydrogen) atoms. The summed E-state index contributed by atoms with van der Waals surface area (Å²) >= 11 is 0. The highest BCUT2D eigenvalue weighted by molar-refractivity contribution is 4.67. The maximum absolute atomic E-state index is 5.93. The first-order valence-corrected chi connectivity index (χ1v) is 5.62. The van der Waals surface area contributed by atoms with Crippen molar-refractivity contribution >= 4 is 0 Å². The van der Waals surface area contributed by atoms with Crippen molar-refractivity contribution in [2.24, 2.45) is 17.2 Å². The molecule has 2 unspecified atom stereocenters. The van der Waals surface area contributed by atoms with Crippen LogP contribution in [-0.2, 0) is 0 Å². The van der Waals surface area contributed by atoms with Crippen LogP contribution in [0.1, 0.15) is 32.6 Å². The third kappa shape index (κ3) is 8.44. The van der Waals surface area contributed by atoms with Gasteiger partial charge in [0.05, 0.1) is 0 Å². The van der Waals surface area contributed by atoms with Crippen LogP contribution in [0, 0.1) is 0 Å². The second kappa shape index (κ2) is 9.40. The normalized spacial score (nSPS) is 15.4. The molecule has 0 spiro atoms. The molecular weight excluding hydrogens is 176 g/mol. The molecule has 0 rings (SSSR count). The van der Waals surface area contributed by atoms with Crippen molar-refractivity contribution in [2.45, 2.75) is 44.7 Å². The molecule has 0 aliphatic rings. The fourth-order valence-corrected chi connectivity index (χ4v) is 1.29. The van der Waals surface area contributed by atoms with E-state index in [1.165, 1.54) is 0 Å². The number of hydrogen-bond acceptors (Lipinski definition) is 4. The Morgan fingerprint density at radius 3 is 2.21 bits per heavy atom. The summed E-state index contributed by atoms with van der Waals surface area (Å²) in [7, 11) is 0. The monoisotopic (exact) mass is 202 g/mol. The van der Waals surface area contributed by atoms with E-state index >= 15 is 0 Å². The summed E-state index contributed by atoms with van der Waals surface area (Å²) in [4.78, 5) is 0. The lowest BCUT2D eigenvalue weighted by Gasteiger charge is -2.14. The van der Waals surface area contributed by atoms with E-state index in [4.69, 9.17) is 17.2 Å². The molecule has 0 aliphatic heterocycles. The molecule has 0 radical (unpaired) electrons. The second-order valence-corrected chi connectivity index (χ2v) is 3.83. The Hall–Kier alpha value is -0.160.